The number of carbonyl (C=O) groups is 4. The minimum Gasteiger partial charge on any atom is -0.414 e. The lowest BCUT2D eigenvalue weighted by Crippen LogP contribution is -2.35. The molecular weight excluding hydrogens is 422 g/mol. The second-order valence-corrected chi connectivity index (χ2v) is 7.23. The number of rotatable bonds is 5. The lowest BCUT2D eigenvalue weighted by Gasteiger charge is -2.29. The van der Waals surface area contributed by atoms with Gasteiger partial charge in [0.2, 0.25) is 0 Å². The summed E-state index contributed by atoms with van der Waals surface area (Å²) in [4.78, 5) is 51.3. The third-order valence-corrected chi connectivity index (χ3v) is 4.99. The van der Waals surface area contributed by atoms with Crippen LogP contribution in [0.1, 0.15) is 18.1 Å². The van der Waals surface area contributed by atoms with Gasteiger partial charge in [-0.15, -0.1) is 0 Å². The van der Waals surface area contributed by atoms with Crippen molar-refractivity contribution in [3.8, 4) is 0 Å². The zero-order valence-electron chi connectivity index (χ0n) is 17.6. The molecule has 0 aromatic heterocycles. The number of hydrogen-bond acceptors (Lipinski definition) is 6. The lowest BCUT2D eigenvalue weighted by molar-refractivity contribution is -0.206. The first-order valence-electron chi connectivity index (χ1n) is 10.1. The van der Waals surface area contributed by atoms with Crippen LogP contribution >= 0.6 is 0 Å². The van der Waals surface area contributed by atoms with E-state index in [9.17, 15) is 19.2 Å². The molecule has 33 heavy (non-hydrogen) atoms. The van der Waals surface area contributed by atoms with Crippen LogP contribution in [0.3, 0.4) is 0 Å². The molecule has 1 atom stereocenters. The standard InChI is InChI=1S/C26H19NO6/c1-17(28)32-26(19-13-7-3-8-14-19)22(23(29)25(31)33-26)21(18-11-5-2-6-12-18)24(30)27-20-15-9-4-10-16-20/h2-16H,1H3,(H,27,30). The number of Topliss-reactive ketones (excluding diaryl/α,β-unsaturated/α-hetero) is 1. The molecule has 1 unspecified atom stereocenters. The van der Waals surface area contributed by atoms with Crippen LogP contribution in [-0.4, -0.2) is 23.6 Å². The number of amides is 1. The van der Waals surface area contributed by atoms with Crippen molar-refractivity contribution in [3.05, 3.63) is 108 Å². The van der Waals surface area contributed by atoms with Gasteiger partial charge in [0, 0.05) is 18.2 Å². The summed E-state index contributed by atoms with van der Waals surface area (Å²) in [5.41, 5.74) is 0.538. The van der Waals surface area contributed by atoms with Crippen molar-refractivity contribution in [1.29, 1.82) is 0 Å². The second kappa shape index (κ2) is 8.92. The molecule has 1 amide bonds. The molecule has 0 aliphatic carbocycles. The highest BCUT2D eigenvalue weighted by molar-refractivity contribution is 6.48. The van der Waals surface area contributed by atoms with Crippen LogP contribution in [0.15, 0.2) is 96.6 Å². The average Bonchev–Trinajstić information content (AvgIpc) is 3.06. The molecule has 0 radical (unpaired) electrons. The van der Waals surface area contributed by atoms with Crippen molar-refractivity contribution in [1.82, 2.24) is 0 Å². The van der Waals surface area contributed by atoms with Crippen LogP contribution in [0.5, 0.6) is 0 Å². The first-order chi connectivity index (χ1) is 15.9. The Labute approximate surface area is 189 Å². The minimum atomic E-state index is -2.21. The Bertz CT molecular complexity index is 1250. The minimum absolute atomic E-state index is 0.139. The van der Waals surface area contributed by atoms with Crippen LogP contribution in [0.25, 0.3) is 5.57 Å². The molecule has 0 saturated carbocycles. The number of cyclic esters (lactones) is 1. The first-order valence-corrected chi connectivity index (χ1v) is 10.1. The lowest BCUT2D eigenvalue weighted by atomic mass is 9.88. The summed E-state index contributed by atoms with van der Waals surface area (Å²) in [6.07, 6.45) is 0. The number of benzene rings is 3. The van der Waals surface area contributed by atoms with Crippen molar-refractivity contribution in [3.63, 3.8) is 0 Å². The summed E-state index contributed by atoms with van der Waals surface area (Å²) in [5, 5.41) is 2.74. The number of carbonyl (C=O) groups excluding carboxylic acids is 4. The van der Waals surface area contributed by atoms with E-state index >= 15 is 0 Å². The van der Waals surface area contributed by atoms with Gasteiger partial charge in [0.25, 0.3) is 11.7 Å². The Hall–Kier alpha value is -4.52. The van der Waals surface area contributed by atoms with Crippen molar-refractivity contribution >= 4 is 34.9 Å². The Kier molecular flexibility index (Phi) is 5.87. The van der Waals surface area contributed by atoms with E-state index in [0.29, 0.717) is 11.3 Å². The van der Waals surface area contributed by atoms with Crippen molar-refractivity contribution in [2.45, 2.75) is 12.7 Å². The summed E-state index contributed by atoms with van der Waals surface area (Å²) in [6, 6.07) is 25.1. The zero-order chi connectivity index (χ0) is 23.4. The highest BCUT2D eigenvalue weighted by atomic mass is 16.7. The number of esters is 2. The van der Waals surface area contributed by atoms with E-state index in [1.807, 2.05) is 0 Å². The molecule has 7 heteroatoms. The fraction of sp³-hybridized carbons (Fsp3) is 0.0769. The number of ether oxygens (including phenoxy) is 2. The fourth-order valence-corrected chi connectivity index (χ4v) is 3.66. The van der Waals surface area contributed by atoms with E-state index in [1.54, 1.807) is 91.0 Å². The third-order valence-electron chi connectivity index (χ3n) is 4.99. The molecule has 3 aromatic rings. The number of ketones is 1. The topological polar surface area (TPSA) is 98.8 Å². The van der Waals surface area contributed by atoms with Crippen molar-refractivity contribution < 1.29 is 28.7 Å². The maximum atomic E-state index is 13.5. The van der Waals surface area contributed by atoms with Gasteiger partial charge in [0.05, 0.1) is 5.57 Å². The van der Waals surface area contributed by atoms with Gasteiger partial charge >= 0.3 is 17.7 Å². The van der Waals surface area contributed by atoms with Crippen molar-refractivity contribution in [2.24, 2.45) is 0 Å². The third kappa shape index (κ3) is 4.16. The Morgan fingerprint density at radius 1 is 0.818 bits per heavy atom. The molecule has 1 aliphatic rings. The van der Waals surface area contributed by atoms with Crippen LogP contribution in [0.4, 0.5) is 5.69 Å². The van der Waals surface area contributed by atoms with Gasteiger partial charge in [-0.25, -0.2) is 4.79 Å². The largest absolute Gasteiger partial charge is 0.414 e. The zero-order valence-corrected chi connectivity index (χ0v) is 17.6. The van der Waals surface area contributed by atoms with E-state index in [4.69, 9.17) is 9.47 Å². The Morgan fingerprint density at radius 2 is 1.36 bits per heavy atom. The molecule has 7 nitrogen and oxygen atoms in total. The smallest absolute Gasteiger partial charge is 0.383 e. The molecular formula is C26H19NO6. The Balaban J connectivity index is 2.01. The molecule has 0 spiro atoms. The van der Waals surface area contributed by atoms with Gasteiger partial charge in [0.1, 0.15) is 5.57 Å². The molecule has 1 N–H and O–H groups in total. The molecule has 1 heterocycles. The summed E-state index contributed by atoms with van der Waals surface area (Å²) < 4.78 is 10.9. The average molecular weight is 441 g/mol. The molecule has 1 aliphatic heterocycles. The van der Waals surface area contributed by atoms with Crippen LogP contribution in [0.2, 0.25) is 0 Å². The fourth-order valence-electron chi connectivity index (χ4n) is 3.66. The van der Waals surface area contributed by atoms with Crippen molar-refractivity contribution in [2.75, 3.05) is 5.32 Å². The summed E-state index contributed by atoms with van der Waals surface area (Å²) >= 11 is 0. The quantitative estimate of drug-likeness (QED) is 0.369. The van der Waals surface area contributed by atoms with E-state index < -0.39 is 29.4 Å². The van der Waals surface area contributed by atoms with Gasteiger partial charge in [0.15, 0.2) is 0 Å². The number of anilines is 1. The number of para-hydroxylation sites is 1. The maximum absolute atomic E-state index is 13.5. The summed E-state index contributed by atoms with van der Waals surface area (Å²) in [6.45, 7) is 1.13. The van der Waals surface area contributed by atoms with Gasteiger partial charge in [-0.1, -0.05) is 78.9 Å². The highest BCUT2D eigenvalue weighted by Crippen LogP contribution is 2.45. The van der Waals surface area contributed by atoms with Gasteiger partial charge in [-0.2, -0.15) is 0 Å². The first kappa shape index (κ1) is 21.7. The maximum Gasteiger partial charge on any atom is 0.383 e. The molecule has 0 bridgehead atoms. The molecule has 3 aromatic carbocycles. The van der Waals surface area contributed by atoms with E-state index in [-0.39, 0.29) is 16.7 Å². The molecule has 1 fully saturated rings. The summed E-state index contributed by atoms with van der Waals surface area (Å²) in [7, 11) is 0. The predicted octanol–water partition coefficient (Wildman–Crippen LogP) is 3.62. The molecule has 164 valence electrons. The van der Waals surface area contributed by atoms with Gasteiger partial charge < -0.3 is 14.8 Å². The molecule has 4 rings (SSSR count). The van der Waals surface area contributed by atoms with E-state index in [1.165, 1.54) is 0 Å². The van der Waals surface area contributed by atoms with Crippen LogP contribution < -0.4 is 5.32 Å². The predicted molar refractivity (Wildman–Crippen MR) is 119 cm³/mol. The number of hydrogen-bond donors (Lipinski definition) is 1. The van der Waals surface area contributed by atoms with Gasteiger partial charge in [-0.3, -0.25) is 14.4 Å². The van der Waals surface area contributed by atoms with E-state index in [0.717, 1.165) is 6.92 Å². The van der Waals surface area contributed by atoms with Gasteiger partial charge in [-0.05, 0) is 17.7 Å². The highest BCUT2D eigenvalue weighted by Gasteiger charge is 2.58. The second-order valence-electron chi connectivity index (χ2n) is 7.23. The monoisotopic (exact) mass is 441 g/mol. The van der Waals surface area contributed by atoms with Crippen LogP contribution in [0, 0.1) is 0 Å². The summed E-state index contributed by atoms with van der Waals surface area (Å²) in [5.74, 6) is -5.96. The molecule has 1 saturated heterocycles. The Morgan fingerprint density at radius 3 is 1.94 bits per heavy atom. The van der Waals surface area contributed by atoms with E-state index in [2.05, 4.69) is 5.32 Å². The normalized spacial score (nSPS) is 18.9. The number of nitrogens with one attached hydrogen (secondary N) is 1. The van der Waals surface area contributed by atoms with Crippen LogP contribution in [-0.2, 0) is 34.4 Å². The SMILES string of the molecule is CC(=O)OC1(c2ccccc2)OC(=O)C(=O)C1=C(C(=O)Nc1ccccc1)c1ccccc1.